The summed E-state index contributed by atoms with van der Waals surface area (Å²) in [4.78, 5) is 15.3. The van der Waals surface area contributed by atoms with Crippen LogP contribution in [0.15, 0.2) is 77.8 Å². The predicted molar refractivity (Wildman–Crippen MR) is 115 cm³/mol. The third-order valence-electron chi connectivity index (χ3n) is 4.58. The highest BCUT2D eigenvalue weighted by Crippen LogP contribution is 2.21. The number of halogens is 1. The Kier molecular flexibility index (Phi) is 7.20. The molecule has 1 aromatic heterocycles. The van der Waals surface area contributed by atoms with E-state index in [1.807, 2.05) is 30.3 Å². The van der Waals surface area contributed by atoms with Crippen molar-refractivity contribution in [3.8, 4) is 0 Å². The molecule has 0 bridgehead atoms. The van der Waals surface area contributed by atoms with Gasteiger partial charge in [0.2, 0.25) is 10.0 Å². The summed E-state index contributed by atoms with van der Waals surface area (Å²) in [5.41, 5.74) is 1.65. The van der Waals surface area contributed by atoms with Gasteiger partial charge in [-0.1, -0.05) is 41.9 Å². The summed E-state index contributed by atoms with van der Waals surface area (Å²) >= 11 is 5.90. The van der Waals surface area contributed by atoms with Crippen LogP contribution in [0.3, 0.4) is 0 Å². The number of aromatic carboxylic acids is 1. The molecule has 2 aromatic carbocycles. The van der Waals surface area contributed by atoms with Crippen molar-refractivity contribution in [3.63, 3.8) is 0 Å². The number of nitrogens with zero attached hydrogens (tertiary/aromatic N) is 2. The molecule has 156 valence electrons. The number of sulfonamides is 1. The largest absolute Gasteiger partial charge is 0.478 e. The van der Waals surface area contributed by atoms with E-state index in [1.54, 1.807) is 0 Å². The molecular formula is C22H21ClN2O4S. The smallest absolute Gasteiger partial charge is 0.337 e. The molecule has 0 aliphatic carbocycles. The van der Waals surface area contributed by atoms with Crippen molar-refractivity contribution in [2.75, 3.05) is 6.54 Å². The van der Waals surface area contributed by atoms with E-state index in [0.717, 1.165) is 12.0 Å². The van der Waals surface area contributed by atoms with E-state index < -0.39 is 16.0 Å². The van der Waals surface area contributed by atoms with Gasteiger partial charge in [-0.05, 0) is 54.8 Å². The molecule has 0 spiro atoms. The first-order chi connectivity index (χ1) is 14.4. The number of pyridine rings is 1. The highest BCUT2D eigenvalue weighted by Gasteiger charge is 2.25. The van der Waals surface area contributed by atoms with Crippen LogP contribution in [0.1, 0.15) is 28.0 Å². The van der Waals surface area contributed by atoms with Gasteiger partial charge in [0.05, 0.1) is 22.7 Å². The maximum absolute atomic E-state index is 13.2. The fourth-order valence-corrected chi connectivity index (χ4v) is 4.55. The van der Waals surface area contributed by atoms with Crippen molar-refractivity contribution in [1.82, 2.24) is 9.29 Å². The SMILES string of the molecule is O=C(O)c1ccc(CN(CCCc2ccccc2)S(=O)(=O)c2ccc(Cl)cc2)nc1. The fraction of sp³-hybridized carbons (Fsp3) is 0.182. The number of hydrogen-bond acceptors (Lipinski definition) is 4. The molecule has 0 fully saturated rings. The van der Waals surface area contributed by atoms with E-state index >= 15 is 0 Å². The predicted octanol–water partition coefficient (Wildman–Crippen LogP) is 4.26. The van der Waals surface area contributed by atoms with E-state index in [0.29, 0.717) is 23.7 Å². The van der Waals surface area contributed by atoms with Crippen LogP contribution in [-0.2, 0) is 23.0 Å². The van der Waals surface area contributed by atoms with Crippen LogP contribution >= 0.6 is 11.6 Å². The van der Waals surface area contributed by atoms with Gasteiger partial charge in [-0.25, -0.2) is 13.2 Å². The summed E-state index contributed by atoms with van der Waals surface area (Å²) in [5.74, 6) is -1.08. The van der Waals surface area contributed by atoms with Gasteiger partial charge in [0, 0.05) is 17.8 Å². The maximum Gasteiger partial charge on any atom is 0.337 e. The average molecular weight is 445 g/mol. The third kappa shape index (κ3) is 5.66. The topological polar surface area (TPSA) is 87.6 Å². The number of aromatic nitrogens is 1. The first-order valence-corrected chi connectivity index (χ1v) is 11.2. The molecule has 3 aromatic rings. The Morgan fingerprint density at radius 2 is 1.70 bits per heavy atom. The summed E-state index contributed by atoms with van der Waals surface area (Å²) in [7, 11) is -3.78. The lowest BCUT2D eigenvalue weighted by Gasteiger charge is -2.22. The Labute approximate surface area is 180 Å². The van der Waals surface area contributed by atoms with Crippen molar-refractivity contribution < 1.29 is 18.3 Å². The van der Waals surface area contributed by atoms with Gasteiger partial charge in [-0.3, -0.25) is 4.98 Å². The molecule has 0 radical (unpaired) electrons. The number of carboxylic acid groups (broad SMARTS) is 1. The molecule has 0 unspecified atom stereocenters. The molecule has 0 amide bonds. The lowest BCUT2D eigenvalue weighted by Crippen LogP contribution is -2.32. The summed E-state index contributed by atoms with van der Waals surface area (Å²) in [6.07, 6.45) is 2.59. The average Bonchev–Trinajstić information content (AvgIpc) is 2.74. The Hall–Kier alpha value is -2.74. The van der Waals surface area contributed by atoms with Crippen molar-refractivity contribution in [1.29, 1.82) is 0 Å². The van der Waals surface area contributed by atoms with Crippen LogP contribution in [0, 0.1) is 0 Å². The van der Waals surface area contributed by atoms with Gasteiger partial charge in [-0.2, -0.15) is 4.31 Å². The highest BCUT2D eigenvalue weighted by atomic mass is 35.5. The van der Waals surface area contributed by atoms with Crippen LogP contribution in [0.4, 0.5) is 0 Å². The third-order valence-corrected chi connectivity index (χ3v) is 6.69. The van der Waals surface area contributed by atoms with Crippen molar-refractivity contribution in [3.05, 3.63) is 94.8 Å². The van der Waals surface area contributed by atoms with Crippen LogP contribution in [0.5, 0.6) is 0 Å². The first-order valence-electron chi connectivity index (χ1n) is 9.34. The standard InChI is InChI=1S/C22H21ClN2O4S/c23-19-9-12-21(13-10-19)30(28,29)25(14-4-7-17-5-2-1-3-6-17)16-20-11-8-18(15-24-20)22(26)27/h1-3,5-6,8-13,15H,4,7,14,16H2,(H,26,27). The van der Waals surface area contributed by atoms with E-state index in [4.69, 9.17) is 16.7 Å². The molecule has 3 rings (SSSR count). The lowest BCUT2D eigenvalue weighted by atomic mass is 10.1. The quantitative estimate of drug-likeness (QED) is 0.532. The van der Waals surface area contributed by atoms with Gasteiger partial charge < -0.3 is 5.11 Å². The van der Waals surface area contributed by atoms with Crippen LogP contribution in [0.25, 0.3) is 0 Å². The number of carboxylic acids is 1. The van der Waals surface area contributed by atoms with Crippen LogP contribution in [-0.4, -0.2) is 35.3 Å². The van der Waals surface area contributed by atoms with Crippen molar-refractivity contribution >= 4 is 27.6 Å². The minimum atomic E-state index is -3.78. The minimum Gasteiger partial charge on any atom is -0.478 e. The van der Waals surface area contributed by atoms with Gasteiger partial charge in [0.1, 0.15) is 0 Å². The van der Waals surface area contributed by atoms with Gasteiger partial charge >= 0.3 is 5.97 Å². The van der Waals surface area contributed by atoms with Crippen LogP contribution < -0.4 is 0 Å². The lowest BCUT2D eigenvalue weighted by molar-refractivity contribution is 0.0696. The first kappa shape index (κ1) is 22.0. The molecule has 0 aliphatic heterocycles. The number of aryl methyl sites for hydroxylation is 1. The van der Waals surface area contributed by atoms with Crippen molar-refractivity contribution in [2.24, 2.45) is 0 Å². The zero-order chi connectivity index (χ0) is 21.6. The van der Waals surface area contributed by atoms with E-state index in [1.165, 1.54) is 46.9 Å². The molecule has 6 nitrogen and oxygen atoms in total. The Morgan fingerprint density at radius 1 is 1.00 bits per heavy atom. The molecule has 8 heteroatoms. The summed E-state index contributed by atoms with van der Waals surface area (Å²) in [6, 6.07) is 18.8. The summed E-state index contributed by atoms with van der Waals surface area (Å²) in [5, 5.41) is 9.48. The second-order valence-corrected chi connectivity index (χ2v) is 9.10. The summed E-state index contributed by atoms with van der Waals surface area (Å²) in [6.45, 7) is 0.335. The number of benzene rings is 2. The van der Waals surface area contributed by atoms with Gasteiger partial charge in [-0.15, -0.1) is 0 Å². The maximum atomic E-state index is 13.2. The molecule has 30 heavy (non-hydrogen) atoms. The minimum absolute atomic E-state index is 0.0413. The molecule has 0 aliphatic rings. The zero-order valence-electron chi connectivity index (χ0n) is 16.1. The monoisotopic (exact) mass is 444 g/mol. The zero-order valence-corrected chi connectivity index (χ0v) is 17.7. The second-order valence-electron chi connectivity index (χ2n) is 6.73. The molecular weight excluding hydrogens is 424 g/mol. The Bertz CT molecular complexity index is 1090. The molecule has 0 atom stereocenters. The molecule has 0 saturated heterocycles. The van der Waals surface area contributed by atoms with E-state index in [-0.39, 0.29) is 17.0 Å². The van der Waals surface area contributed by atoms with E-state index in [9.17, 15) is 13.2 Å². The fourth-order valence-electron chi connectivity index (χ4n) is 2.97. The normalized spacial score (nSPS) is 11.5. The Balaban J connectivity index is 1.81. The van der Waals surface area contributed by atoms with Gasteiger partial charge in [0.15, 0.2) is 0 Å². The molecule has 0 saturated carbocycles. The van der Waals surface area contributed by atoms with Gasteiger partial charge in [0.25, 0.3) is 0 Å². The summed E-state index contributed by atoms with van der Waals surface area (Å²) < 4.78 is 27.8. The number of rotatable bonds is 9. The van der Waals surface area contributed by atoms with E-state index in [2.05, 4.69) is 4.98 Å². The highest BCUT2D eigenvalue weighted by molar-refractivity contribution is 7.89. The van der Waals surface area contributed by atoms with Crippen LogP contribution in [0.2, 0.25) is 5.02 Å². The number of carbonyl (C=O) groups is 1. The van der Waals surface area contributed by atoms with Crippen molar-refractivity contribution in [2.45, 2.75) is 24.3 Å². The Morgan fingerprint density at radius 3 is 2.30 bits per heavy atom. The molecule has 1 N–H and O–H groups in total. The molecule has 1 heterocycles. The second kappa shape index (κ2) is 9.84. The number of hydrogen-bond donors (Lipinski definition) is 1.